The van der Waals surface area contributed by atoms with Crippen LogP contribution >= 0.6 is 0 Å². The van der Waals surface area contributed by atoms with E-state index >= 15 is 0 Å². The number of pyridine rings is 1. The number of halogens is 3. The molecule has 0 aliphatic heterocycles. The molecule has 2 aromatic carbocycles. The number of aromatic nitrogens is 4. The Bertz CT molecular complexity index is 1780. The molecule has 0 aliphatic carbocycles. The Morgan fingerprint density at radius 3 is 2.40 bits per heavy atom. The molecule has 0 atom stereocenters. The Labute approximate surface area is 228 Å². The zero-order valence-electron chi connectivity index (χ0n) is 21.5. The van der Waals surface area contributed by atoms with E-state index in [0.29, 0.717) is 28.2 Å². The molecule has 0 spiro atoms. The maximum atomic E-state index is 13.6. The quantitative estimate of drug-likeness (QED) is 0.131. The Morgan fingerprint density at radius 1 is 0.975 bits per heavy atom. The first kappa shape index (κ1) is 26.4. The van der Waals surface area contributed by atoms with E-state index in [4.69, 9.17) is 0 Å². The van der Waals surface area contributed by atoms with E-state index in [1.807, 2.05) is 42.5 Å². The third-order valence-electron chi connectivity index (χ3n) is 6.47. The minimum Gasteiger partial charge on any atom is -0.318 e. The van der Waals surface area contributed by atoms with E-state index in [0.717, 1.165) is 17.8 Å². The molecule has 3 heterocycles. The highest BCUT2D eigenvalue weighted by Gasteiger charge is 2.31. The number of rotatable bonds is 6. The van der Waals surface area contributed by atoms with Gasteiger partial charge in [-0.25, -0.2) is 4.68 Å². The minimum absolute atomic E-state index is 0.137. The molecule has 0 aliphatic rings. The van der Waals surface area contributed by atoms with Crippen molar-refractivity contribution in [2.45, 2.75) is 20.0 Å². The Balaban J connectivity index is 1.58. The lowest BCUT2D eigenvalue weighted by Crippen LogP contribution is -2.08. The molecule has 0 bridgehead atoms. The predicted octanol–water partition coefficient (Wildman–Crippen LogP) is 7.15. The van der Waals surface area contributed by atoms with Crippen LogP contribution in [-0.4, -0.2) is 25.1 Å². The molecule has 3 aromatic heterocycles. The summed E-state index contributed by atoms with van der Waals surface area (Å²) in [6, 6.07) is 21.5. The van der Waals surface area contributed by atoms with Crippen molar-refractivity contribution >= 4 is 11.9 Å². The lowest BCUT2D eigenvalue weighted by molar-refractivity contribution is -0.137. The highest BCUT2D eigenvalue weighted by Crippen LogP contribution is 2.32. The van der Waals surface area contributed by atoms with Gasteiger partial charge in [-0.05, 0) is 68.5 Å². The third kappa shape index (κ3) is 5.07. The topological polar surface area (TPSA) is 76.5 Å². The number of para-hydroxylation sites is 1. The first-order valence-electron chi connectivity index (χ1n) is 12.3. The van der Waals surface area contributed by atoms with Crippen LogP contribution in [-0.2, 0) is 6.18 Å². The van der Waals surface area contributed by atoms with E-state index in [2.05, 4.69) is 10.1 Å². The third-order valence-corrected chi connectivity index (χ3v) is 6.47. The molecule has 198 valence electrons. The van der Waals surface area contributed by atoms with Crippen LogP contribution in [0.2, 0.25) is 0 Å². The van der Waals surface area contributed by atoms with Crippen molar-refractivity contribution in [2.75, 3.05) is 0 Å². The second-order valence-corrected chi connectivity index (χ2v) is 9.12. The number of nitrogens with zero attached hydrogens (tertiary/aromatic N) is 5. The van der Waals surface area contributed by atoms with Crippen molar-refractivity contribution in [3.8, 4) is 28.7 Å². The number of benzene rings is 2. The van der Waals surface area contributed by atoms with Gasteiger partial charge in [0.2, 0.25) is 5.78 Å². The zero-order valence-corrected chi connectivity index (χ0v) is 21.5. The van der Waals surface area contributed by atoms with E-state index < -0.39 is 17.5 Å². The molecule has 0 unspecified atom stereocenters. The van der Waals surface area contributed by atoms with Gasteiger partial charge in [-0.3, -0.25) is 9.78 Å². The molecule has 0 saturated heterocycles. The summed E-state index contributed by atoms with van der Waals surface area (Å²) in [6.45, 7) is 3.34. The molecular weight excluding hydrogens is 515 g/mol. The van der Waals surface area contributed by atoms with E-state index in [-0.39, 0.29) is 16.8 Å². The van der Waals surface area contributed by atoms with Crippen molar-refractivity contribution in [3.05, 3.63) is 125 Å². The SMILES string of the molecule is Cc1cc(C(=O)/C(C#N)=C/c2cn(-c3ccccc3)nc2-c2cccnc2)c(C)n1-c1cccc(C(F)(F)F)c1. The largest absolute Gasteiger partial charge is 0.416 e. The average Bonchev–Trinajstić information content (AvgIpc) is 3.52. The molecule has 5 rings (SSSR count). The molecule has 0 saturated carbocycles. The smallest absolute Gasteiger partial charge is 0.318 e. The van der Waals surface area contributed by atoms with Crippen LogP contribution in [0.25, 0.3) is 28.7 Å². The number of nitriles is 1. The van der Waals surface area contributed by atoms with Crippen LogP contribution in [0.4, 0.5) is 13.2 Å². The Hall–Kier alpha value is -5.23. The molecule has 0 fully saturated rings. The highest BCUT2D eigenvalue weighted by molar-refractivity contribution is 6.15. The molecule has 9 heteroatoms. The van der Waals surface area contributed by atoms with Crippen molar-refractivity contribution in [2.24, 2.45) is 0 Å². The van der Waals surface area contributed by atoms with Crippen molar-refractivity contribution in [3.63, 3.8) is 0 Å². The summed E-state index contributed by atoms with van der Waals surface area (Å²) in [7, 11) is 0. The summed E-state index contributed by atoms with van der Waals surface area (Å²) in [5.74, 6) is -0.543. The fourth-order valence-electron chi connectivity index (χ4n) is 4.59. The van der Waals surface area contributed by atoms with Gasteiger partial charge in [0, 0.05) is 52.4 Å². The lowest BCUT2D eigenvalue weighted by atomic mass is 10.0. The summed E-state index contributed by atoms with van der Waals surface area (Å²) in [6.07, 6.45) is 1.99. The van der Waals surface area contributed by atoms with Crippen LogP contribution in [0.3, 0.4) is 0 Å². The van der Waals surface area contributed by atoms with Gasteiger partial charge >= 0.3 is 6.18 Å². The first-order chi connectivity index (χ1) is 19.2. The lowest BCUT2D eigenvalue weighted by Gasteiger charge is -2.13. The highest BCUT2D eigenvalue weighted by atomic mass is 19.4. The zero-order chi connectivity index (χ0) is 28.4. The first-order valence-corrected chi connectivity index (χ1v) is 12.3. The normalized spacial score (nSPS) is 11.8. The minimum atomic E-state index is -4.50. The monoisotopic (exact) mass is 537 g/mol. The summed E-state index contributed by atoms with van der Waals surface area (Å²) in [4.78, 5) is 17.8. The van der Waals surface area contributed by atoms with Gasteiger partial charge < -0.3 is 4.57 Å². The van der Waals surface area contributed by atoms with E-state index in [1.165, 1.54) is 12.1 Å². The van der Waals surface area contributed by atoms with Crippen molar-refractivity contribution in [1.82, 2.24) is 19.3 Å². The predicted molar refractivity (Wildman–Crippen MR) is 145 cm³/mol. The summed E-state index contributed by atoms with van der Waals surface area (Å²) in [5, 5.41) is 14.7. The van der Waals surface area contributed by atoms with Gasteiger partial charge in [-0.15, -0.1) is 0 Å². The second kappa shape index (κ2) is 10.5. The maximum absolute atomic E-state index is 13.6. The van der Waals surface area contributed by atoms with E-state index in [1.54, 1.807) is 59.9 Å². The summed E-state index contributed by atoms with van der Waals surface area (Å²) < 4.78 is 43.2. The van der Waals surface area contributed by atoms with Gasteiger partial charge in [0.25, 0.3) is 0 Å². The fraction of sp³-hybridized carbons (Fsp3) is 0.0968. The van der Waals surface area contributed by atoms with Gasteiger partial charge in [0.05, 0.1) is 11.3 Å². The maximum Gasteiger partial charge on any atom is 0.416 e. The molecule has 5 aromatic rings. The number of Topliss-reactive ketones (excluding diaryl/α,β-unsaturated/α-hetero) is 1. The Morgan fingerprint density at radius 2 is 1.73 bits per heavy atom. The van der Waals surface area contributed by atoms with E-state index in [9.17, 15) is 23.2 Å². The van der Waals surface area contributed by atoms with Crippen LogP contribution in [0.15, 0.2) is 97.0 Å². The van der Waals surface area contributed by atoms with Crippen LogP contribution in [0, 0.1) is 25.2 Å². The van der Waals surface area contributed by atoms with Crippen LogP contribution in [0.1, 0.15) is 32.9 Å². The van der Waals surface area contributed by atoms with Crippen LogP contribution in [0.5, 0.6) is 0 Å². The number of alkyl halides is 3. The van der Waals surface area contributed by atoms with Gasteiger partial charge in [0.1, 0.15) is 17.3 Å². The summed E-state index contributed by atoms with van der Waals surface area (Å²) in [5.41, 5.74) is 3.12. The second-order valence-electron chi connectivity index (χ2n) is 9.12. The fourth-order valence-corrected chi connectivity index (χ4v) is 4.59. The number of carbonyl (C=O) groups is 1. The number of aryl methyl sites for hydroxylation is 1. The number of carbonyl (C=O) groups excluding carboxylic acids is 1. The molecule has 0 amide bonds. The molecule has 0 radical (unpaired) electrons. The number of allylic oxidation sites excluding steroid dienone is 1. The number of hydrogen-bond donors (Lipinski definition) is 0. The molecular formula is C31H22F3N5O. The van der Waals surface area contributed by atoms with Crippen molar-refractivity contribution in [1.29, 1.82) is 5.26 Å². The molecule has 0 N–H and O–H groups in total. The number of hydrogen-bond acceptors (Lipinski definition) is 4. The summed E-state index contributed by atoms with van der Waals surface area (Å²) >= 11 is 0. The Kier molecular flexibility index (Phi) is 6.92. The van der Waals surface area contributed by atoms with Gasteiger partial charge in [0.15, 0.2) is 0 Å². The standard InChI is InChI=1S/C31H22F3N5O/c1-20-14-28(21(2)39(20)27-12-6-9-25(16-27)31(32,33)34)30(40)23(17-35)15-24-19-38(26-10-4-3-5-11-26)37-29(24)22-8-7-13-36-18-22/h3-16,18-19H,1-2H3/b23-15+. The van der Waals surface area contributed by atoms with Crippen molar-refractivity contribution < 1.29 is 18.0 Å². The van der Waals surface area contributed by atoms with Gasteiger partial charge in [-0.2, -0.15) is 23.5 Å². The molecule has 6 nitrogen and oxygen atoms in total. The molecule has 40 heavy (non-hydrogen) atoms. The van der Waals surface area contributed by atoms with Gasteiger partial charge in [-0.1, -0.05) is 24.3 Å². The average molecular weight is 538 g/mol. The number of ketones is 1. The van der Waals surface area contributed by atoms with Crippen LogP contribution < -0.4 is 0 Å².